The summed E-state index contributed by atoms with van der Waals surface area (Å²) in [6, 6.07) is 5.08. The van der Waals surface area contributed by atoms with Gasteiger partial charge in [0.25, 0.3) is 0 Å². The first-order valence-electron chi connectivity index (χ1n) is 6.30. The second-order valence-electron chi connectivity index (χ2n) is 4.90. The number of nitrogens with one attached hydrogen (secondary N) is 1. The van der Waals surface area contributed by atoms with Gasteiger partial charge in [-0.1, -0.05) is 0 Å². The number of H-pyrrole nitrogens is 1. The molecule has 0 spiro atoms. The molecule has 1 aromatic heterocycles. The van der Waals surface area contributed by atoms with Crippen LogP contribution in [0.25, 0.3) is 10.9 Å². The van der Waals surface area contributed by atoms with Crippen LogP contribution < -0.4 is 4.90 Å². The first-order valence-corrected chi connectivity index (χ1v) is 6.30. The molecular formula is C13H17LiN4O2. The molecule has 0 amide bonds. The number of piperazine rings is 1. The van der Waals surface area contributed by atoms with Gasteiger partial charge in [-0.2, -0.15) is 5.10 Å². The summed E-state index contributed by atoms with van der Waals surface area (Å²) in [7, 11) is 2.11. The molecule has 0 atom stereocenters. The van der Waals surface area contributed by atoms with Crippen LogP contribution in [0.15, 0.2) is 18.2 Å². The molecule has 1 saturated heterocycles. The Hall–Kier alpha value is -1.48. The molecule has 6 nitrogen and oxygen atoms in total. The normalized spacial score (nSPS) is 16.1. The van der Waals surface area contributed by atoms with Crippen molar-refractivity contribution in [2.75, 3.05) is 38.1 Å². The van der Waals surface area contributed by atoms with Gasteiger partial charge in [-0.3, -0.25) is 5.10 Å². The molecule has 0 radical (unpaired) electrons. The Kier molecular flexibility index (Phi) is 4.38. The van der Waals surface area contributed by atoms with Crippen molar-refractivity contribution in [2.24, 2.45) is 0 Å². The average Bonchev–Trinajstić information content (AvgIpc) is 2.82. The van der Waals surface area contributed by atoms with Crippen LogP contribution in [0, 0.1) is 0 Å². The van der Waals surface area contributed by atoms with E-state index < -0.39 is 5.97 Å². The molecule has 0 saturated carbocycles. The Balaban J connectivity index is 0.00000147. The summed E-state index contributed by atoms with van der Waals surface area (Å²) in [5.41, 5.74) is 1.05. The van der Waals surface area contributed by atoms with Crippen molar-refractivity contribution < 1.29 is 9.90 Å². The zero-order valence-corrected chi connectivity index (χ0v) is 10.8. The van der Waals surface area contributed by atoms with Crippen molar-refractivity contribution in [3.05, 3.63) is 23.8 Å². The number of hydrogen-bond acceptors (Lipinski definition) is 4. The number of aromatic nitrogens is 2. The molecule has 1 aliphatic rings. The van der Waals surface area contributed by atoms with E-state index in [0.717, 1.165) is 42.9 Å². The number of carbonyl (C=O) groups is 1. The third kappa shape index (κ3) is 2.68. The van der Waals surface area contributed by atoms with E-state index in [0.29, 0.717) is 0 Å². The van der Waals surface area contributed by atoms with E-state index in [2.05, 4.69) is 27.0 Å². The van der Waals surface area contributed by atoms with Crippen LogP contribution in [-0.4, -0.2) is 78.3 Å². The Morgan fingerprint density at radius 3 is 2.65 bits per heavy atom. The van der Waals surface area contributed by atoms with E-state index in [1.54, 1.807) is 12.1 Å². The number of fused-ring (bicyclic) bond motifs is 1. The second kappa shape index (κ2) is 5.88. The molecule has 2 aromatic rings. The summed E-state index contributed by atoms with van der Waals surface area (Å²) in [4.78, 5) is 15.5. The number of carboxylic acids is 1. The number of anilines is 1. The predicted octanol–water partition coefficient (Wildman–Crippen LogP) is 0.364. The fourth-order valence-corrected chi connectivity index (χ4v) is 2.40. The Labute approximate surface area is 128 Å². The molecule has 0 aliphatic carbocycles. The van der Waals surface area contributed by atoms with E-state index in [4.69, 9.17) is 5.11 Å². The van der Waals surface area contributed by atoms with Crippen molar-refractivity contribution in [1.82, 2.24) is 15.1 Å². The zero-order valence-electron chi connectivity index (χ0n) is 10.8. The molecule has 3 rings (SSSR count). The minimum atomic E-state index is -0.919. The fraction of sp³-hybridized carbons (Fsp3) is 0.385. The Morgan fingerprint density at radius 1 is 1.30 bits per heavy atom. The Bertz CT molecular complexity index is 620. The van der Waals surface area contributed by atoms with Crippen molar-refractivity contribution in [3.8, 4) is 0 Å². The third-order valence-corrected chi connectivity index (χ3v) is 3.59. The molecule has 0 unspecified atom stereocenters. The van der Waals surface area contributed by atoms with Gasteiger partial charge in [0.1, 0.15) is 0 Å². The van der Waals surface area contributed by atoms with Crippen LogP contribution in [-0.2, 0) is 0 Å². The van der Waals surface area contributed by atoms with Crippen LogP contribution in [0.1, 0.15) is 10.4 Å². The second-order valence-corrected chi connectivity index (χ2v) is 4.90. The number of aromatic amines is 1. The van der Waals surface area contributed by atoms with Gasteiger partial charge in [0.2, 0.25) is 0 Å². The van der Waals surface area contributed by atoms with Crippen LogP contribution in [0.2, 0.25) is 0 Å². The summed E-state index contributed by atoms with van der Waals surface area (Å²) in [6.45, 7) is 3.91. The van der Waals surface area contributed by atoms with E-state index in [1.165, 1.54) is 0 Å². The summed E-state index contributed by atoms with van der Waals surface area (Å²) in [5, 5.41) is 17.2. The monoisotopic (exact) mass is 268 g/mol. The van der Waals surface area contributed by atoms with Gasteiger partial charge in [0, 0.05) is 31.6 Å². The van der Waals surface area contributed by atoms with E-state index >= 15 is 0 Å². The van der Waals surface area contributed by atoms with Crippen molar-refractivity contribution >= 4 is 41.6 Å². The maximum atomic E-state index is 10.9. The number of carboxylic acid groups (broad SMARTS) is 1. The summed E-state index contributed by atoms with van der Waals surface area (Å²) >= 11 is 0. The number of hydrogen-bond donors (Lipinski definition) is 2. The quantitative estimate of drug-likeness (QED) is 0.770. The van der Waals surface area contributed by atoms with Crippen LogP contribution in [0.3, 0.4) is 0 Å². The van der Waals surface area contributed by atoms with Gasteiger partial charge in [0.15, 0.2) is 5.82 Å². The number of rotatable bonds is 2. The number of likely N-dealkylation sites (N-methyl/N-ethyl adjacent to an activating group) is 1. The zero-order chi connectivity index (χ0) is 13.4. The van der Waals surface area contributed by atoms with E-state index in [1.807, 2.05) is 6.07 Å². The standard InChI is InChI=1S/C13H16N4O2.Li.H/c1-16-4-6-17(7-5-16)12-10-3-2-9(13(18)19)8-11(10)14-15-12;;/h2-3,8H,4-7H2,1H3,(H,14,15)(H,18,19);;. The molecule has 2 heterocycles. The van der Waals surface area contributed by atoms with Crippen LogP contribution >= 0.6 is 0 Å². The van der Waals surface area contributed by atoms with Gasteiger partial charge < -0.3 is 14.9 Å². The molecule has 0 bridgehead atoms. The molecule has 1 fully saturated rings. The van der Waals surface area contributed by atoms with Crippen molar-refractivity contribution in [2.45, 2.75) is 0 Å². The third-order valence-electron chi connectivity index (χ3n) is 3.59. The van der Waals surface area contributed by atoms with Gasteiger partial charge in [-0.05, 0) is 25.2 Å². The topological polar surface area (TPSA) is 72.5 Å². The Morgan fingerprint density at radius 2 is 2.00 bits per heavy atom. The van der Waals surface area contributed by atoms with Crippen LogP contribution in [0.4, 0.5) is 5.82 Å². The van der Waals surface area contributed by atoms with E-state index in [-0.39, 0.29) is 24.4 Å². The van der Waals surface area contributed by atoms with Gasteiger partial charge in [0.05, 0.1) is 11.1 Å². The predicted molar refractivity (Wildman–Crippen MR) is 79.9 cm³/mol. The van der Waals surface area contributed by atoms with Crippen LogP contribution in [0.5, 0.6) is 0 Å². The first-order chi connectivity index (χ1) is 9.15. The van der Waals surface area contributed by atoms with Gasteiger partial charge in [-0.25, -0.2) is 4.79 Å². The summed E-state index contributed by atoms with van der Waals surface area (Å²) < 4.78 is 0. The molecule has 102 valence electrons. The SMILES string of the molecule is CN1CCN(c2n[nH]c3cc(C(=O)O)ccc23)CC1.[LiH]. The first kappa shape index (κ1) is 14.9. The molecule has 2 N–H and O–H groups in total. The van der Waals surface area contributed by atoms with Crippen molar-refractivity contribution in [3.63, 3.8) is 0 Å². The number of nitrogens with zero attached hydrogens (tertiary/aromatic N) is 3. The number of benzene rings is 1. The van der Waals surface area contributed by atoms with E-state index in [9.17, 15) is 4.79 Å². The average molecular weight is 268 g/mol. The minimum absolute atomic E-state index is 0. The number of aromatic carboxylic acids is 1. The summed E-state index contributed by atoms with van der Waals surface area (Å²) in [5.74, 6) is -0.00214. The molecular weight excluding hydrogens is 251 g/mol. The molecule has 1 aliphatic heterocycles. The molecule has 7 heteroatoms. The molecule has 1 aromatic carbocycles. The fourth-order valence-electron chi connectivity index (χ4n) is 2.40. The van der Waals surface area contributed by atoms with Gasteiger partial charge >= 0.3 is 24.8 Å². The molecule has 20 heavy (non-hydrogen) atoms. The maximum absolute atomic E-state index is 10.9. The van der Waals surface area contributed by atoms with Gasteiger partial charge in [-0.15, -0.1) is 0 Å². The van der Waals surface area contributed by atoms with Crippen molar-refractivity contribution in [1.29, 1.82) is 0 Å². The summed E-state index contributed by atoms with van der Waals surface area (Å²) in [6.07, 6.45) is 0.